The van der Waals surface area contributed by atoms with E-state index in [1.165, 1.54) is 4.88 Å². The molecule has 1 amide bonds. The number of nitrogens with one attached hydrogen (secondary N) is 1. The minimum Gasteiger partial charge on any atom is -0.385 e. The number of pyridine rings is 1. The third-order valence-corrected chi connectivity index (χ3v) is 3.85. The first kappa shape index (κ1) is 14.7. The van der Waals surface area contributed by atoms with Crippen molar-refractivity contribution in [2.75, 3.05) is 20.3 Å². The molecule has 0 fully saturated rings. The van der Waals surface area contributed by atoms with E-state index in [-0.39, 0.29) is 5.91 Å². The Morgan fingerprint density at radius 3 is 2.95 bits per heavy atom. The molecule has 4 nitrogen and oxygen atoms in total. The van der Waals surface area contributed by atoms with Crippen molar-refractivity contribution in [3.63, 3.8) is 0 Å². The molecule has 2 aromatic rings. The minimum absolute atomic E-state index is 0.0713. The summed E-state index contributed by atoms with van der Waals surface area (Å²) in [4.78, 5) is 18.7. The van der Waals surface area contributed by atoms with Gasteiger partial charge in [-0.1, -0.05) is 0 Å². The summed E-state index contributed by atoms with van der Waals surface area (Å²) in [6, 6.07) is 7.65. The lowest BCUT2D eigenvalue weighted by Crippen LogP contribution is -2.25. The fraction of sp³-hybridized carbons (Fsp3) is 0.333. The van der Waals surface area contributed by atoms with Gasteiger partial charge in [0.05, 0.1) is 10.6 Å². The van der Waals surface area contributed by atoms with Gasteiger partial charge in [-0.2, -0.15) is 0 Å². The maximum absolute atomic E-state index is 12.0. The lowest BCUT2D eigenvalue weighted by Gasteiger charge is -2.05. The molecule has 5 heteroatoms. The second-order valence-electron chi connectivity index (χ2n) is 4.44. The van der Waals surface area contributed by atoms with Crippen LogP contribution in [0.3, 0.4) is 0 Å². The quantitative estimate of drug-likeness (QED) is 0.832. The monoisotopic (exact) mass is 290 g/mol. The van der Waals surface area contributed by atoms with Gasteiger partial charge in [-0.15, -0.1) is 11.3 Å². The van der Waals surface area contributed by atoms with Crippen molar-refractivity contribution < 1.29 is 9.53 Å². The van der Waals surface area contributed by atoms with Crippen molar-refractivity contribution in [2.24, 2.45) is 0 Å². The number of rotatable bonds is 6. The summed E-state index contributed by atoms with van der Waals surface area (Å²) in [6.45, 7) is 3.32. The molecular formula is C15H18N2O2S. The molecule has 0 aliphatic heterocycles. The predicted molar refractivity (Wildman–Crippen MR) is 81.1 cm³/mol. The highest BCUT2D eigenvalue weighted by atomic mass is 32.1. The Bertz CT molecular complexity index is 581. The van der Waals surface area contributed by atoms with Crippen molar-refractivity contribution in [1.29, 1.82) is 0 Å². The van der Waals surface area contributed by atoms with Gasteiger partial charge < -0.3 is 10.1 Å². The van der Waals surface area contributed by atoms with Crippen LogP contribution in [0.15, 0.2) is 30.5 Å². The topological polar surface area (TPSA) is 51.2 Å². The summed E-state index contributed by atoms with van der Waals surface area (Å²) in [6.07, 6.45) is 2.48. The van der Waals surface area contributed by atoms with Crippen LogP contribution in [0.2, 0.25) is 0 Å². The van der Waals surface area contributed by atoms with E-state index in [1.54, 1.807) is 30.7 Å². The Morgan fingerprint density at radius 2 is 2.25 bits per heavy atom. The summed E-state index contributed by atoms with van der Waals surface area (Å²) in [5, 5.41) is 2.87. The average Bonchev–Trinajstić information content (AvgIpc) is 2.90. The molecule has 0 aliphatic carbocycles. The Balaban J connectivity index is 2.04. The van der Waals surface area contributed by atoms with Gasteiger partial charge in [-0.25, -0.2) is 0 Å². The van der Waals surface area contributed by atoms with Crippen LogP contribution < -0.4 is 5.32 Å². The Hall–Kier alpha value is -1.72. The number of thiophene rings is 1. The molecule has 1 N–H and O–H groups in total. The molecule has 0 unspecified atom stereocenters. The van der Waals surface area contributed by atoms with Gasteiger partial charge in [0.1, 0.15) is 0 Å². The average molecular weight is 290 g/mol. The van der Waals surface area contributed by atoms with Gasteiger partial charge in [0.2, 0.25) is 0 Å². The summed E-state index contributed by atoms with van der Waals surface area (Å²) in [5.41, 5.74) is 1.48. The zero-order chi connectivity index (χ0) is 14.4. The smallest absolute Gasteiger partial charge is 0.251 e. The zero-order valence-electron chi connectivity index (χ0n) is 11.7. The number of aromatic nitrogens is 1. The lowest BCUT2D eigenvalue weighted by atomic mass is 10.2. The standard InChI is InChI=1S/C15H18N2O2S/c1-11-4-5-14(20-11)13-10-12(6-8-16-13)15(18)17-7-3-9-19-2/h4-6,8,10H,3,7,9H2,1-2H3,(H,17,18). The molecule has 0 radical (unpaired) electrons. The maximum Gasteiger partial charge on any atom is 0.251 e. The number of amides is 1. The van der Waals surface area contributed by atoms with Crippen LogP contribution in [0.5, 0.6) is 0 Å². The highest BCUT2D eigenvalue weighted by Gasteiger charge is 2.08. The van der Waals surface area contributed by atoms with Gasteiger partial charge in [0.25, 0.3) is 5.91 Å². The number of nitrogens with zero attached hydrogens (tertiary/aromatic N) is 1. The normalized spacial score (nSPS) is 10.5. The Morgan fingerprint density at radius 1 is 1.40 bits per heavy atom. The van der Waals surface area contributed by atoms with Crippen LogP contribution in [0.1, 0.15) is 21.7 Å². The van der Waals surface area contributed by atoms with Crippen LogP contribution in [0.4, 0.5) is 0 Å². The van der Waals surface area contributed by atoms with Gasteiger partial charge >= 0.3 is 0 Å². The largest absolute Gasteiger partial charge is 0.385 e. The van der Waals surface area contributed by atoms with Crippen molar-refractivity contribution in [3.05, 3.63) is 40.9 Å². The van der Waals surface area contributed by atoms with Gasteiger partial charge in [-0.3, -0.25) is 9.78 Å². The third kappa shape index (κ3) is 3.88. The second kappa shape index (κ2) is 7.17. The maximum atomic E-state index is 12.0. The molecule has 0 saturated carbocycles. The molecule has 0 bridgehead atoms. The molecule has 0 aliphatic rings. The van der Waals surface area contributed by atoms with E-state index in [2.05, 4.69) is 23.3 Å². The van der Waals surface area contributed by atoms with Crippen molar-refractivity contribution in [2.45, 2.75) is 13.3 Å². The van der Waals surface area contributed by atoms with E-state index in [1.807, 2.05) is 12.1 Å². The fourth-order valence-corrected chi connectivity index (χ4v) is 2.63. The summed E-state index contributed by atoms with van der Waals surface area (Å²) < 4.78 is 4.95. The van der Waals surface area contributed by atoms with E-state index in [9.17, 15) is 4.79 Å². The van der Waals surface area contributed by atoms with Gasteiger partial charge in [0.15, 0.2) is 0 Å². The zero-order valence-corrected chi connectivity index (χ0v) is 12.5. The summed E-state index contributed by atoms with van der Waals surface area (Å²) in [7, 11) is 1.65. The number of hydrogen-bond acceptors (Lipinski definition) is 4. The molecule has 0 atom stereocenters. The molecule has 0 spiro atoms. The van der Waals surface area contributed by atoms with Gasteiger partial charge in [-0.05, 0) is 37.6 Å². The molecule has 0 aromatic carbocycles. The molecule has 20 heavy (non-hydrogen) atoms. The number of aryl methyl sites for hydroxylation is 1. The first-order chi connectivity index (χ1) is 9.70. The summed E-state index contributed by atoms with van der Waals surface area (Å²) >= 11 is 1.67. The van der Waals surface area contributed by atoms with E-state index in [0.29, 0.717) is 18.7 Å². The molecular weight excluding hydrogens is 272 g/mol. The highest BCUT2D eigenvalue weighted by molar-refractivity contribution is 7.15. The van der Waals surface area contributed by atoms with Crippen molar-refractivity contribution in [1.82, 2.24) is 10.3 Å². The first-order valence-electron chi connectivity index (χ1n) is 6.50. The van der Waals surface area contributed by atoms with Gasteiger partial charge in [0, 0.05) is 36.9 Å². The molecule has 2 aromatic heterocycles. The Kier molecular flexibility index (Phi) is 5.26. The van der Waals surface area contributed by atoms with Crippen LogP contribution >= 0.6 is 11.3 Å². The molecule has 2 rings (SSSR count). The predicted octanol–water partition coefficient (Wildman–Crippen LogP) is 2.88. The SMILES string of the molecule is COCCCNC(=O)c1ccnc(-c2ccc(C)s2)c1. The van der Waals surface area contributed by atoms with E-state index >= 15 is 0 Å². The molecule has 106 valence electrons. The lowest BCUT2D eigenvalue weighted by molar-refractivity contribution is 0.0948. The van der Waals surface area contributed by atoms with Crippen LogP contribution in [0, 0.1) is 6.92 Å². The van der Waals surface area contributed by atoms with Crippen LogP contribution in [0.25, 0.3) is 10.6 Å². The van der Waals surface area contributed by atoms with Crippen molar-refractivity contribution in [3.8, 4) is 10.6 Å². The molecule has 0 saturated heterocycles. The van der Waals surface area contributed by atoms with Crippen LogP contribution in [-0.4, -0.2) is 31.2 Å². The number of carbonyl (C=O) groups is 1. The van der Waals surface area contributed by atoms with Crippen LogP contribution in [-0.2, 0) is 4.74 Å². The Labute approximate surface area is 122 Å². The number of methoxy groups -OCH3 is 1. The second-order valence-corrected chi connectivity index (χ2v) is 5.73. The fourth-order valence-electron chi connectivity index (χ4n) is 1.80. The van der Waals surface area contributed by atoms with Crippen molar-refractivity contribution >= 4 is 17.2 Å². The summed E-state index contributed by atoms with van der Waals surface area (Å²) in [5.74, 6) is -0.0713. The minimum atomic E-state index is -0.0713. The highest BCUT2D eigenvalue weighted by Crippen LogP contribution is 2.26. The number of ether oxygens (including phenoxy) is 1. The number of carbonyl (C=O) groups excluding carboxylic acids is 1. The van der Waals surface area contributed by atoms with E-state index in [0.717, 1.165) is 17.0 Å². The first-order valence-corrected chi connectivity index (χ1v) is 7.32. The third-order valence-electron chi connectivity index (χ3n) is 2.83. The van der Waals surface area contributed by atoms with E-state index < -0.39 is 0 Å². The molecule has 2 heterocycles. The number of hydrogen-bond donors (Lipinski definition) is 1. The van der Waals surface area contributed by atoms with E-state index in [4.69, 9.17) is 4.74 Å².